The first-order chi connectivity index (χ1) is 67.3. The molecule has 14 aromatic carbocycles. The number of unbranched alkanes of at least 4 members (excludes halogenated alkanes) is 22. The van der Waals surface area contributed by atoms with Gasteiger partial charge in [-0.3, -0.25) is 0 Å². The van der Waals surface area contributed by atoms with Gasteiger partial charge in [0.1, 0.15) is 0 Å². The minimum atomic E-state index is -0.530. The van der Waals surface area contributed by atoms with E-state index in [1.165, 1.54) is 349 Å². The summed E-state index contributed by atoms with van der Waals surface area (Å²) in [4.78, 5) is 5.12. The molecule has 3 aliphatic carbocycles. The largest absolute Gasteiger partial charge is 0.310 e. The van der Waals surface area contributed by atoms with Gasteiger partial charge in [0, 0.05) is 45.0 Å². The number of hydrogen-bond acceptors (Lipinski definition) is 2. The average molecular weight is 1820 g/mol. The van der Waals surface area contributed by atoms with Crippen molar-refractivity contribution in [2.75, 3.05) is 9.80 Å². The summed E-state index contributed by atoms with van der Waals surface area (Å²) in [5.74, 6) is 0. The Kier molecular flexibility index (Phi) is 33.7. The molecule has 2 nitrogen and oxygen atoms in total. The van der Waals surface area contributed by atoms with Crippen molar-refractivity contribution in [3.63, 3.8) is 0 Å². The van der Waals surface area contributed by atoms with Crippen molar-refractivity contribution in [3.8, 4) is 66.8 Å². The highest BCUT2D eigenvalue weighted by molar-refractivity contribution is 5.92. The van der Waals surface area contributed by atoms with E-state index < -0.39 is 5.41 Å². The van der Waals surface area contributed by atoms with E-state index in [4.69, 9.17) is 0 Å². The van der Waals surface area contributed by atoms with Gasteiger partial charge in [0.2, 0.25) is 0 Å². The molecule has 3 aliphatic rings. The summed E-state index contributed by atoms with van der Waals surface area (Å²) in [5.41, 5.74) is 44.6. The van der Waals surface area contributed by atoms with Crippen LogP contribution in [-0.4, -0.2) is 0 Å². The van der Waals surface area contributed by atoms with Crippen LogP contribution in [-0.2, 0) is 34.5 Å². The number of aryl methyl sites for hydroxylation is 7. The fourth-order valence-corrected chi connectivity index (χ4v) is 23.6. The minimum absolute atomic E-state index is 0.0739. The van der Waals surface area contributed by atoms with E-state index in [0.717, 1.165) is 48.4 Å². The van der Waals surface area contributed by atoms with Crippen LogP contribution in [0.1, 0.15) is 357 Å². The lowest BCUT2D eigenvalue weighted by Crippen LogP contribution is -2.29. The molecule has 17 rings (SSSR count). The lowest BCUT2D eigenvalue weighted by molar-refractivity contribution is 0.397. The zero-order valence-electron chi connectivity index (χ0n) is 86.8. The van der Waals surface area contributed by atoms with E-state index in [9.17, 15) is 0 Å². The van der Waals surface area contributed by atoms with E-state index in [1.54, 1.807) is 11.1 Å². The SMILES string of the molecule is CCCCCCCCC1(CCCCCCCC)c2cc(C)ccc2-c2ccc(C)cc21.CCCCCCCCC1(CCCCCCCC)c2cc(N(c3ccc(-c4ccc(CCCC)cc4)cc3)c3ccc(-c4ccc(CCCC)cc4)cc3)ccc2-c2ccc(N(c3ccc(-c4ccc(C(C)(C)C)cc4)cc3)c3ccc(C4(c5ccc(C)cc5)c5cc(C)ccc5-c5ccc(C)cc54)cc3)cc21. The van der Waals surface area contributed by atoms with Gasteiger partial charge in [-0.25, -0.2) is 0 Å². The van der Waals surface area contributed by atoms with Crippen LogP contribution in [0.2, 0.25) is 0 Å². The summed E-state index contributed by atoms with van der Waals surface area (Å²) in [6, 6.07) is 119. The molecule has 0 saturated heterocycles. The Morgan fingerprint density at radius 3 is 0.725 bits per heavy atom. The monoisotopic (exact) mass is 1820 g/mol. The van der Waals surface area contributed by atoms with Gasteiger partial charge >= 0.3 is 0 Å². The summed E-state index contributed by atoms with van der Waals surface area (Å²) in [7, 11) is 0. The zero-order valence-corrected chi connectivity index (χ0v) is 86.8. The lowest BCUT2D eigenvalue weighted by Gasteiger charge is -2.36. The van der Waals surface area contributed by atoms with Gasteiger partial charge in [0.15, 0.2) is 0 Å². The van der Waals surface area contributed by atoms with E-state index in [1.807, 2.05) is 0 Å². The standard InChI is InChI=1S/C105H114N2.C31H46/c1-11-15-19-21-23-25-69-104(70-26-24-22-20-16-12-2)99-73-93(106(89-55-43-83(44-56-89)80-37-33-78(34-38-80)27-17-13-3)90-57-45-84(46-58-90)81-39-35-79(36-40-81)28-18-14-4)63-67-95(99)96-68-64-94(74-100(96)104)107(91-59-47-85(48-60-91)82-41-51-86(52-42-82)103(8,9)10)92-61-53-88(54-62-92)105(87-49-29-75(5)30-50-87)101-71-76(6)31-65-97(101)98-66-32-77(7)72-102(98)105;1-5-7-9-11-13-15-21-31(22-16-14-12-10-8-6-2)29-23-25(3)17-19-27(29)28-20-18-26(4)24-30(28)31/h29-68,71-74H,11-28,69-70H2,1-10H3;17-20,23-24H,5-16,21-22H2,1-4H3. The van der Waals surface area contributed by atoms with E-state index in [0.29, 0.717) is 0 Å². The van der Waals surface area contributed by atoms with Crippen molar-refractivity contribution < 1.29 is 0 Å². The third-order valence-corrected chi connectivity index (χ3v) is 31.5. The number of fused-ring (bicyclic) bond motifs is 9. The average Bonchev–Trinajstić information content (AvgIpc) is 1.53. The quantitative estimate of drug-likeness (QED) is 0.0351. The highest BCUT2D eigenvalue weighted by Crippen LogP contribution is 2.61. The molecule has 0 N–H and O–H groups in total. The molecule has 14 aromatic rings. The van der Waals surface area contributed by atoms with Gasteiger partial charge in [0.25, 0.3) is 0 Å². The first-order valence-electron chi connectivity index (χ1n) is 54.5. The van der Waals surface area contributed by atoms with Gasteiger partial charge in [-0.2, -0.15) is 0 Å². The molecule has 0 aromatic heterocycles. The van der Waals surface area contributed by atoms with Gasteiger partial charge in [-0.15, -0.1) is 0 Å². The fraction of sp³-hybridized carbons (Fsp3) is 0.382. The van der Waals surface area contributed by atoms with Gasteiger partial charge in [-0.1, -0.05) is 488 Å². The fourth-order valence-electron chi connectivity index (χ4n) is 23.6. The maximum atomic E-state index is 2.67. The third kappa shape index (κ3) is 22.3. The van der Waals surface area contributed by atoms with E-state index in [-0.39, 0.29) is 16.2 Å². The van der Waals surface area contributed by atoms with Crippen molar-refractivity contribution in [2.45, 2.75) is 337 Å². The Hall–Kier alpha value is -11.3. The molecule has 0 atom stereocenters. The second kappa shape index (κ2) is 46.6. The number of nitrogens with zero attached hydrogens (tertiary/aromatic N) is 2. The second-order valence-corrected chi connectivity index (χ2v) is 42.8. The van der Waals surface area contributed by atoms with Gasteiger partial charge in [-0.05, 0) is 292 Å². The molecule has 2 heteroatoms. The van der Waals surface area contributed by atoms with E-state index in [2.05, 4.69) is 410 Å². The van der Waals surface area contributed by atoms with Crippen LogP contribution >= 0.6 is 0 Å². The topological polar surface area (TPSA) is 6.48 Å². The second-order valence-electron chi connectivity index (χ2n) is 42.8. The maximum absolute atomic E-state index is 2.67. The summed E-state index contributed by atoms with van der Waals surface area (Å²) in [5, 5.41) is 0. The lowest BCUT2D eigenvalue weighted by atomic mass is 9.67. The van der Waals surface area contributed by atoms with Crippen molar-refractivity contribution >= 4 is 34.1 Å². The number of hydrogen-bond donors (Lipinski definition) is 0. The van der Waals surface area contributed by atoms with Crippen molar-refractivity contribution in [2.24, 2.45) is 0 Å². The predicted molar refractivity (Wildman–Crippen MR) is 600 cm³/mol. The van der Waals surface area contributed by atoms with Gasteiger partial charge < -0.3 is 9.80 Å². The van der Waals surface area contributed by atoms with Crippen LogP contribution in [0.15, 0.2) is 303 Å². The number of rotatable bonds is 45. The Balaban J connectivity index is 0.000000376. The molecular formula is C136H160N2. The molecule has 0 heterocycles. The molecule has 0 bridgehead atoms. The number of benzene rings is 14. The van der Waals surface area contributed by atoms with Crippen molar-refractivity contribution in [1.29, 1.82) is 0 Å². The minimum Gasteiger partial charge on any atom is -0.310 e. The normalized spacial score (nSPS) is 13.3. The van der Waals surface area contributed by atoms with Crippen LogP contribution in [0.3, 0.4) is 0 Å². The molecule has 0 radical (unpaired) electrons. The molecule has 0 amide bonds. The maximum Gasteiger partial charge on any atom is 0.0713 e. The van der Waals surface area contributed by atoms with Crippen LogP contribution in [0.4, 0.5) is 34.1 Å². The van der Waals surface area contributed by atoms with Crippen molar-refractivity contribution in [3.05, 3.63) is 392 Å². The molecule has 714 valence electrons. The van der Waals surface area contributed by atoms with Crippen LogP contribution in [0, 0.1) is 34.6 Å². The third-order valence-electron chi connectivity index (χ3n) is 31.5. The van der Waals surface area contributed by atoms with Crippen LogP contribution in [0.5, 0.6) is 0 Å². The molecule has 0 unspecified atom stereocenters. The summed E-state index contributed by atoms with van der Waals surface area (Å²) >= 11 is 0. The number of anilines is 6. The summed E-state index contributed by atoms with van der Waals surface area (Å²) in [6.45, 7) is 32.0. The Morgan fingerprint density at radius 2 is 0.428 bits per heavy atom. The molecule has 0 spiro atoms. The van der Waals surface area contributed by atoms with Crippen LogP contribution in [0.25, 0.3) is 66.8 Å². The Labute approximate surface area is 834 Å². The highest BCUT2D eigenvalue weighted by Gasteiger charge is 2.48. The van der Waals surface area contributed by atoms with Crippen LogP contribution < -0.4 is 9.80 Å². The molecule has 0 saturated carbocycles. The smallest absolute Gasteiger partial charge is 0.0713 e. The molecule has 138 heavy (non-hydrogen) atoms. The Bertz CT molecular complexity index is 6040. The van der Waals surface area contributed by atoms with E-state index >= 15 is 0 Å². The molecule has 0 fully saturated rings. The molecular weight excluding hydrogens is 1660 g/mol. The first-order valence-corrected chi connectivity index (χ1v) is 54.5. The Morgan fingerprint density at radius 1 is 0.203 bits per heavy atom. The zero-order chi connectivity index (χ0) is 96.2. The summed E-state index contributed by atoms with van der Waals surface area (Å²) < 4.78 is 0. The first kappa shape index (κ1) is 99.7. The van der Waals surface area contributed by atoms with Crippen molar-refractivity contribution in [1.82, 2.24) is 0 Å². The summed E-state index contributed by atoms with van der Waals surface area (Å²) in [6.07, 6.45) is 43.5. The highest BCUT2D eigenvalue weighted by atomic mass is 15.1. The predicted octanol–water partition coefficient (Wildman–Crippen LogP) is 40.7. The molecule has 0 aliphatic heterocycles. The van der Waals surface area contributed by atoms with Gasteiger partial charge in [0.05, 0.1) is 5.41 Å².